The van der Waals surface area contributed by atoms with E-state index in [0.717, 1.165) is 36.6 Å². The lowest BCUT2D eigenvalue weighted by Gasteiger charge is -2.40. The van der Waals surface area contributed by atoms with E-state index in [1.54, 1.807) is 6.20 Å². The highest BCUT2D eigenvalue weighted by molar-refractivity contribution is 5.96. The van der Waals surface area contributed by atoms with Crippen molar-refractivity contribution >= 4 is 5.91 Å². The van der Waals surface area contributed by atoms with Crippen LogP contribution in [0, 0.1) is 6.92 Å². The minimum absolute atomic E-state index is 0.0653. The van der Waals surface area contributed by atoms with Gasteiger partial charge in [0.2, 0.25) is 0 Å². The predicted molar refractivity (Wildman–Crippen MR) is 110 cm³/mol. The Bertz CT molecular complexity index is 950. The van der Waals surface area contributed by atoms with Crippen molar-refractivity contribution < 1.29 is 4.79 Å². The second-order valence-electron chi connectivity index (χ2n) is 7.45. The monoisotopic (exact) mass is 374 g/mol. The fraction of sp³-hybridized carbons (Fsp3) is 0.304. The Balaban J connectivity index is 1.65. The van der Waals surface area contributed by atoms with E-state index in [-0.39, 0.29) is 11.9 Å². The molecule has 0 aliphatic carbocycles. The molecule has 0 bridgehead atoms. The van der Waals surface area contributed by atoms with Gasteiger partial charge in [-0.05, 0) is 31.2 Å². The number of piperazine rings is 1. The summed E-state index contributed by atoms with van der Waals surface area (Å²) in [5.41, 5.74) is 2.99. The van der Waals surface area contributed by atoms with E-state index >= 15 is 0 Å². The molecule has 0 saturated carbocycles. The summed E-state index contributed by atoms with van der Waals surface area (Å²) in [6.07, 6.45) is 3.75. The second-order valence-corrected chi connectivity index (χ2v) is 7.45. The highest BCUT2D eigenvalue weighted by Crippen LogP contribution is 2.27. The Hall–Kier alpha value is -2.92. The minimum Gasteiger partial charge on any atom is -0.331 e. The molecule has 0 spiro atoms. The van der Waals surface area contributed by atoms with Gasteiger partial charge in [0.25, 0.3) is 5.91 Å². The first-order valence-electron chi connectivity index (χ1n) is 9.73. The molecule has 1 amide bonds. The largest absolute Gasteiger partial charge is 0.331 e. The van der Waals surface area contributed by atoms with Crippen molar-refractivity contribution in [3.8, 4) is 0 Å². The predicted octanol–water partition coefficient (Wildman–Crippen LogP) is 3.37. The molecule has 3 aromatic rings. The molecule has 28 heavy (non-hydrogen) atoms. The zero-order chi connectivity index (χ0) is 19.5. The average Bonchev–Trinajstić information content (AvgIpc) is 3.13. The first kappa shape index (κ1) is 18.4. The Morgan fingerprint density at radius 2 is 1.82 bits per heavy atom. The van der Waals surface area contributed by atoms with Crippen LogP contribution in [0.2, 0.25) is 0 Å². The summed E-state index contributed by atoms with van der Waals surface area (Å²) in [5, 5.41) is 0. The molecule has 1 unspecified atom stereocenters. The first-order chi connectivity index (χ1) is 13.6. The number of imidazole rings is 1. The molecule has 1 aliphatic rings. The number of likely N-dealkylation sites (N-methyl/N-ethyl adjacent to an activating group) is 1. The maximum absolute atomic E-state index is 13.6. The van der Waals surface area contributed by atoms with Crippen molar-refractivity contribution in [3.05, 3.63) is 89.5 Å². The number of hydrogen-bond acceptors (Lipinski definition) is 3. The highest BCUT2D eigenvalue weighted by Gasteiger charge is 2.31. The van der Waals surface area contributed by atoms with Crippen LogP contribution in [0.25, 0.3) is 0 Å². The third-order valence-electron chi connectivity index (χ3n) is 5.54. The number of carbonyl (C=O) groups is 1. The second kappa shape index (κ2) is 7.98. The SMILES string of the molecule is Cc1nccn1Cc1ccccc1C(=O)N1CCN(C)CC1c1ccccc1. The van der Waals surface area contributed by atoms with Crippen molar-refractivity contribution in [1.82, 2.24) is 19.4 Å². The molecule has 144 valence electrons. The smallest absolute Gasteiger partial charge is 0.254 e. The molecule has 2 heterocycles. The molecule has 1 atom stereocenters. The average molecular weight is 374 g/mol. The van der Waals surface area contributed by atoms with Gasteiger partial charge in [0, 0.05) is 44.1 Å². The summed E-state index contributed by atoms with van der Waals surface area (Å²) in [7, 11) is 2.12. The van der Waals surface area contributed by atoms with Crippen LogP contribution < -0.4 is 0 Å². The van der Waals surface area contributed by atoms with Gasteiger partial charge in [-0.1, -0.05) is 48.5 Å². The number of hydrogen-bond donors (Lipinski definition) is 0. The van der Waals surface area contributed by atoms with Crippen LogP contribution >= 0.6 is 0 Å². The van der Waals surface area contributed by atoms with Gasteiger partial charge in [0.05, 0.1) is 6.04 Å². The van der Waals surface area contributed by atoms with Gasteiger partial charge in [0.1, 0.15) is 5.82 Å². The fourth-order valence-electron chi connectivity index (χ4n) is 3.90. The van der Waals surface area contributed by atoms with Gasteiger partial charge in [0.15, 0.2) is 0 Å². The highest BCUT2D eigenvalue weighted by atomic mass is 16.2. The third-order valence-corrected chi connectivity index (χ3v) is 5.54. The number of carbonyl (C=O) groups excluding carboxylic acids is 1. The Labute approximate surface area is 166 Å². The van der Waals surface area contributed by atoms with E-state index in [1.165, 1.54) is 5.56 Å². The lowest BCUT2D eigenvalue weighted by Crippen LogP contribution is -2.49. The number of aryl methyl sites for hydroxylation is 1. The van der Waals surface area contributed by atoms with E-state index < -0.39 is 0 Å². The maximum Gasteiger partial charge on any atom is 0.254 e. The van der Waals surface area contributed by atoms with Gasteiger partial charge in [-0.15, -0.1) is 0 Å². The van der Waals surface area contributed by atoms with Crippen LogP contribution in [0.1, 0.15) is 33.4 Å². The quantitative estimate of drug-likeness (QED) is 0.703. The maximum atomic E-state index is 13.6. The molecular formula is C23H26N4O. The molecule has 2 aromatic carbocycles. The summed E-state index contributed by atoms with van der Waals surface area (Å²) >= 11 is 0. The number of benzene rings is 2. The zero-order valence-corrected chi connectivity index (χ0v) is 16.5. The Kier molecular flexibility index (Phi) is 5.26. The van der Waals surface area contributed by atoms with Gasteiger partial charge in [-0.3, -0.25) is 4.79 Å². The standard InChI is InChI=1S/C23H26N4O/c1-18-24-12-13-26(18)16-20-10-6-7-11-21(20)23(28)27-15-14-25(2)17-22(27)19-8-4-3-5-9-19/h3-13,22H,14-17H2,1-2H3. The molecule has 0 N–H and O–H groups in total. The van der Waals surface area contributed by atoms with Crippen LogP contribution in [0.3, 0.4) is 0 Å². The summed E-state index contributed by atoms with van der Waals surface area (Å²) in [5.74, 6) is 1.05. The van der Waals surface area contributed by atoms with E-state index in [0.29, 0.717) is 6.54 Å². The molecular weight excluding hydrogens is 348 g/mol. The van der Waals surface area contributed by atoms with Crippen LogP contribution in [0.5, 0.6) is 0 Å². The topological polar surface area (TPSA) is 41.4 Å². The van der Waals surface area contributed by atoms with Crippen molar-refractivity contribution in [2.24, 2.45) is 0 Å². The van der Waals surface area contributed by atoms with E-state index in [4.69, 9.17) is 0 Å². The molecule has 1 saturated heterocycles. The molecule has 5 heteroatoms. The zero-order valence-electron chi connectivity index (χ0n) is 16.5. The van der Waals surface area contributed by atoms with Gasteiger partial charge in [-0.2, -0.15) is 0 Å². The van der Waals surface area contributed by atoms with E-state index in [1.807, 2.05) is 60.5 Å². The summed E-state index contributed by atoms with van der Waals surface area (Å²) in [6.45, 7) is 5.09. The summed E-state index contributed by atoms with van der Waals surface area (Å²) in [4.78, 5) is 22.2. The molecule has 0 radical (unpaired) electrons. The molecule has 5 nitrogen and oxygen atoms in total. The van der Waals surface area contributed by atoms with E-state index in [2.05, 4.69) is 33.6 Å². The Morgan fingerprint density at radius 1 is 1.07 bits per heavy atom. The molecule has 1 aliphatic heterocycles. The normalized spacial score (nSPS) is 17.6. The van der Waals surface area contributed by atoms with Gasteiger partial charge < -0.3 is 14.4 Å². The minimum atomic E-state index is 0.0653. The molecule has 1 aromatic heterocycles. The van der Waals surface area contributed by atoms with Crippen LogP contribution in [0.15, 0.2) is 67.0 Å². The van der Waals surface area contributed by atoms with Crippen molar-refractivity contribution in [1.29, 1.82) is 0 Å². The van der Waals surface area contributed by atoms with Crippen molar-refractivity contribution in [3.63, 3.8) is 0 Å². The molecule has 1 fully saturated rings. The van der Waals surface area contributed by atoms with Gasteiger partial charge in [-0.25, -0.2) is 4.98 Å². The number of aromatic nitrogens is 2. The number of amides is 1. The number of nitrogens with zero attached hydrogens (tertiary/aromatic N) is 4. The van der Waals surface area contributed by atoms with E-state index in [9.17, 15) is 4.79 Å². The summed E-state index contributed by atoms with van der Waals surface area (Å²) in [6, 6.07) is 18.3. The third kappa shape index (κ3) is 3.71. The fourth-order valence-corrected chi connectivity index (χ4v) is 3.90. The van der Waals surface area contributed by atoms with Crippen molar-refractivity contribution in [2.45, 2.75) is 19.5 Å². The lowest BCUT2D eigenvalue weighted by atomic mass is 9.99. The van der Waals surface area contributed by atoms with Crippen LogP contribution in [-0.2, 0) is 6.54 Å². The molecule has 4 rings (SSSR count). The van der Waals surface area contributed by atoms with Crippen LogP contribution in [-0.4, -0.2) is 51.9 Å². The lowest BCUT2D eigenvalue weighted by molar-refractivity contribution is 0.0497. The summed E-state index contributed by atoms with van der Waals surface area (Å²) < 4.78 is 2.07. The van der Waals surface area contributed by atoms with Crippen molar-refractivity contribution in [2.75, 3.05) is 26.7 Å². The number of rotatable bonds is 4. The van der Waals surface area contributed by atoms with Gasteiger partial charge >= 0.3 is 0 Å². The Morgan fingerprint density at radius 3 is 2.57 bits per heavy atom. The first-order valence-corrected chi connectivity index (χ1v) is 9.73. The van der Waals surface area contributed by atoms with Crippen LogP contribution in [0.4, 0.5) is 0 Å².